The Kier molecular flexibility index (Phi) is 16.4. The van der Waals surface area contributed by atoms with E-state index in [0.717, 1.165) is 71.0 Å². The van der Waals surface area contributed by atoms with Gasteiger partial charge >= 0.3 is 0 Å². The lowest BCUT2D eigenvalue weighted by Crippen LogP contribution is -2.24. The Bertz CT molecular complexity index is 680. The molecule has 6 aliphatic rings. The van der Waals surface area contributed by atoms with Crippen molar-refractivity contribution in [2.75, 3.05) is 0 Å². The van der Waals surface area contributed by atoms with Crippen molar-refractivity contribution >= 4 is 0 Å². The van der Waals surface area contributed by atoms with Crippen LogP contribution >= 0.6 is 0 Å². The van der Waals surface area contributed by atoms with Gasteiger partial charge in [-0.2, -0.15) is 0 Å². The summed E-state index contributed by atoms with van der Waals surface area (Å²) in [4.78, 5) is 0. The molecule has 0 aromatic heterocycles. The van der Waals surface area contributed by atoms with Crippen LogP contribution in [0.4, 0.5) is 0 Å². The monoisotopic (exact) mass is 619 g/mol. The fourth-order valence-electron chi connectivity index (χ4n) is 10.8. The highest BCUT2D eigenvalue weighted by Crippen LogP contribution is 2.43. The van der Waals surface area contributed by atoms with Crippen LogP contribution in [0.2, 0.25) is 0 Å². The average molecular weight is 619 g/mol. The van der Waals surface area contributed by atoms with Crippen LogP contribution in [0.3, 0.4) is 0 Å². The van der Waals surface area contributed by atoms with Crippen LogP contribution in [0.1, 0.15) is 175 Å². The molecule has 6 aliphatic carbocycles. The van der Waals surface area contributed by atoms with Crippen LogP contribution in [-0.4, -0.2) is 0 Å². The third kappa shape index (κ3) is 12.3. The fourth-order valence-corrected chi connectivity index (χ4v) is 10.8. The minimum absolute atomic E-state index is 0.837. The normalized spacial score (nSPS) is 42.5. The van der Waals surface area contributed by atoms with Gasteiger partial charge in [-0.05, 0) is 187 Å². The lowest BCUT2D eigenvalue weighted by atomic mass is 9.69. The van der Waals surface area contributed by atoms with E-state index >= 15 is 0 Å². The second-order valence-electron chi connectivity index (χ2n) is 17.8. The molecule has 0 amide bonds. The zero-order valence-corrected chi connectivity index (χ0v) is 30.8. The lowest BCUT2D eigenvalue weighted by molar-refractivity contribution is 0.160. The third-order valence-corrected chi connectivity index (χ3v) is 14.6. The number of rotatable bonds is 6. The highest BCUT2D eigenvalue weighted by atomic mass is 14.4. The van der Waals surface area contributed by atoms with Crippen molar-refractivity contribution in [2.24, 2.45) is 71.0 Å². The van der Waals surface area contributed by atoms with E-state index in [1.165, 1.54) is 154 Å². The zero-order valence-electron chi connectivity index (χ0n) is 30.8. The average Bonchev–Trinajstić information content (AvgIpc) is 3.10. The Hall–Kier alpha value is -0.780. The summed E-state index contributed by atoms with van der Waals surface area (Å²) in [7, 11) is 0. The molecule has 0 heterocycles. The van der Waals surface area contributed by atoms with Crippen LogP contribution in [-0.2, 0) is 0 Å². The molecule has 0 aromatic rings. The topological polar surface area (TPSA) is 0 Å². The van der Waals surface area contributed by atoms with Crippen LogP contribution in [0, 0.1) is 71.0 Å². The van der Waals surface area contributed by atoms with Gasteiger partial charge in [-0.15, -0.1) is 19.7 Å². The summed E-state index contributed by atoms with van der Waals surface area (Å²) in [5, 5.41) is 0. The molecule has 0 atom stereocenters. The van der Waals surface area contributed by atoms with E-state index in [4.69, 9.17) is 0 Å². The van der Waals surface area contributed by atoms with Gasteiger partial charge in [0.2, 0.25) is 0 Å². The summed E-state index contributed by atoms with van der Waals surface area (Å²) in [6, 6.07) is 0. The van der Waals surface area contributed by atoms with Gasteiger partial charge in [-0.3, -0.25) is 0 Å². The highest BCUT2D eigenvalue weighted by Gasteiger charge is 2.31. The van der Waals surface area contributed by atoms with E-state index in [-0.39, 0.29) is 0 Å². The Balaban J connectivity index is 0.000000154. The second-order valence-corrected chi connectivity index (χ2v) is 17.8. The summed E-state index contributed by atoms with van der Waals surface area (Å²) >= 11 is 0. The molecule has 258 valence electrons. The molecule has 0 unspecified atom stereocenters. The maximum atomic E-state index is 3.93. The van der Waals surface area contributed by atoms with Gasteiger partial charge in [0, 0.05) is 0 Å². The third-order valence-electron chi connectivity index (χ3n) is 14.6. The SMILES string of the molecule is C=CC1CCC(C2CCC(C)CC2)CC1.C=CC1CCC(C2CCC(C)CC2)CC1.C=CC1CCC(C2CCC(C)CC2)CC1. The van der Waals surface area contributed by atoms with E-state index < -0.39 is 0 Å². The maximum absolute atomic E-state index is 3.93. The van der Waals surface area contributed by atoms with Crippen molar-refractivity contribution in [3.8, 4) is 0 Å². The fraction of sp³-hybridized carbons (Fsp3) is 0.867. The summed E-state index contributed by atoms with van der Waals surface area (Å²) in [6.07, 6.45) is 42.0. The first kappa shape index (κ1) is 37.0. The molecule has 6 saturated carbocycles. The first-order valence-electron chi connectivity index (χ1n) is 20.8. The molecule has 0 saturated heterocycles. The van der Waals surface area contributed by atoms with Gasteiger partial charge in [0.05, 0.1) is 0 Å². The van der Waals surface area contributed by atoms with Crippen LogP contribution in [0.5, 0.6) is 0 Å². The molecule has 0 bridgehead atoms. The van der Waals surface area contributed by atoms with Crippen molar-refractivity contribution in [2.45, 2.75) is 175 Å². The molecular formula is C45H78. The molecular weight excluding hydrogens is 540 g/mol. The quantitative estimate of drug-likeness (QED) is 0.260. The summed E-state index contributed by atoms with van der Waals surface area (Å²) in [5.74, 6) is 11.9. The van der Waals surface area contributed by atoms with E-state index in [1.54, 1.807) is 0 Å². The second kappa shape index (κ2) is 19.9. The van der Waals surface area contributed by atoms with E-state index in [0.29, 0.717) is 0 Å². The Morgan fingerprint density at radius 2 is 0.422 bits per heavy atom. The molecule has 45 heavy (non-hydrogen) atoms. The predicted octanol–water partition coefficient (Wildman–Crippen LogP) is 14.4. The van der Waals surface area contributed by atoms with Crippen molar-refractivity contribution < 1.29 is 0 Å². The molecule has 0 aromatic carbocycles. The van der Waals surface area contributed by atoms with Gasteiger partial charge in [-0.25, -0.2) is 0 Å². The van der Waals surface area contributed by atoms with Gasteiger partial charge < -0.3 is 0 Å². The van der Waals surface area contributed by atoms with Gasteiger partial charge in [0.15, 0.2) is 0 Å². The zero-order chi connectivity index (χ0) is 32.0. The summed E-state index contributed by atoms with van der Waals surface area (Å²) in [5.41, 5.74) is 0. The number of allylic oxidation sites excluding steroid dienone is 3. The van der Waals surface area contributed by atoms with Crippen LogP contribution in [0.25, 0.3) is 0 Å². The smallest absolute Gasteiger partial charge is 0.0236 e. The molecule has 0 spiro atoms. The molecule has 0 heteroatoms. The van der Waals surface area contributed by atoms with Crippen molar-refractivity contribution in [3.05, 3.63) is 38.0 Å². The van der Waals surface area contributed by atoms with Gasteiger partial charge in [-0.1, -0.05) is 77.5 Å². The molecule has 6 fully saturated rings. The Morgan fingerprint density at radius 1 is 0.267 bits per heavy atom. The molecule has 6 rings (SSSR count). The van der Waals surface area contributed by atoms with E-state index in [9.17, 15) is 0 Å². The lowest BCUT2D eigenvalue weighted by Gasteiger charge is -2.36. The minimum Gasteiger partial charge on any atom is -0.103 e. The van der Waals surface area contributed by atoms with E-state index in [2.05, 4.69) is 58.7 Å². The largest absolute Gasteiger partial charge is 0.103 e. The molecule has 0 aliphatic heterocycles. The Labute approximate surface area is 283 Å². The molecule has 0 radical (unpaired) electrons. The summed E-state index contributed by atoms with van der Waals surface area (Å²) < 4.78 is 0. The van der Waals surface area contributed by atoms with Gasteiger partial charge in [0.1, 0.15) is 0 Å². The molecule has 0 N–H and O–H groups in total. The van der Waals surface area contributed by atoms with Gasteiger partial charge in [0.25, 0.3) is 0 Å². The Morgan fingerprint density at radius 3 is 0.578 bits per heavy atom. The highest BCUT2D eigenvalue weighted by molar-refractivity contribution is 4.89. The number of hydrogen-bond acceptors (Lipinski definition) is 0. The first-order chi connectivity index (χ1) is 21.9. The first-order valence-corrected chi connectivity index (χ1v) is 20.8. The summed E-state index contributed by atoms with van der Waals surface area (Å²) in [6.45, 7) is 19.1. The molecule has 0 nitrogen and oxygen atoms in total. The number of hydrogen-bond donors (Lipinski definition) is 0. The van der Waals surface area contributed by atoms with E-state index in [1.807, 2.05) is 0 Å². The van der Waals surface area contributed by atoms with Crippen molar-refractivity contribution in [3.63, 3.8) is 0 Å². The van der Waals surface area contributed by atoms with Crippen LogP contribution in [0.15, 0.2) is 38.0 Å². The standard InChI is InChI=1S/3C15H26/c3*1-3-13-6-10-15(11-7-13)14-8-4-12(2)5-9-14/h3*3,12-15H,1,4-11H2,2H3. The van der Waals surface area contributed by atoms with Crippen molar-refractivity contribution in [1.29, 1.82) is 0 Å². The minimum atomic E-state index is 0.837. The predicted molar refractivity (Wildman–Crippen MR) is 200 cm³/mol. The van der Waals surface area contributed by atoms with Crippen LogP contribution < -0.4 is 0 Å². The maximum Gasteiger partial charge on any atom is -0.0236 e. The van der Waals surface area contributed by atoms with Crippen molar-refractivity contribution in [1.82, 2.24) is 0 Å².